The van der Waals surface area contributed by atoms with Crippen LogP contribution in [0.25, 0.3) is 6.08 Å². The Hall–Kier alpha value is -2.16. The molecule has 0 saturated carbocycles. The van der Waals surface area contributed by atoms with Crippen LogP contribution in [0.3, 0.4) is 0 Å². The Morgan fingerprint density at radius 2 is 2.00 bits per heavy atom. The highest BCUT2D eigenvalue weighted by molar-refractivity contribution is 5.87. The van der Waals surface area contributed by atoms with Crippen LogP contribution in [0.4, 0.5) is 0 Å². The normalized spacial score (nSPS) is 17.6. The molecule has 0 aliphatic carbocycles. The molecule has 1 aromatic carbocycles. The topological polar surface area (TPSA) is 37.4 Å². The molecular weight excluding hydrogens is 238 g/mol. The van der Waals surface area contributed by atoms with E-state index in [0.29, 0.717) is 6.42 Å². The van der Waals surface area contributed by atoms with E-state index >= 15 is 0 Å². The Labute approximate surface area is 113 Å². The van der Waals surface area contributed by atoms with Crippen molar-refractivity contribution in [1.29, 1.82) is 0 Å². The van der Waals surface area contributed by atoms with Crippen LogP contribution in [0, 0.1) is 0 Å². The highest BCUT2D eigenvalue weighted by Gasteiger charge is 2.23. The molecular formula is C16H17NO2. The van der Waals surface area contributed by atoms with E-state index in [1.54, 1.807) is 13.1 Å². The average Bonchev–Trinajstić information content (AvgIpc) is 2.37. The monoisotopic (exact) mass is 255 g/mol. The zero-order chi connectivity index (χ0) is 13.8. The van der Waals surface area contributed by atoms with Gasteiger partial charge in [0, 0.05) is 18.8 Å². The highest BCUT2D eigenvalue weighted by atomic mass is 16.1. The van der Waals surface area contributed by atoms with Gasteiger partial charge in [0.15, 0.2) is 5.78 Å². The number of carbonyl (C=O) groups excluding carboxylic acids is 2. The first-order valence-electron chi connectivity index (χ1n) is 6.30. The highest BCUT2D eigenvalue weighted by Crippen LogP contribution is 2.32. The molecule has 0 amide bonds. The number of carbonyl (C=O) groups is 2. The van der Waals surface area contributed by atoms with Gasteiger partial charge in [-0.25, -0.2) is 0 Å². The van der Waals surface area contributed by atoms with E-state index in [1.165, 1.54) is 13.0 Å². The predicted octanol–water partition coefficient (Wildman–Crippen LogP) is 3.10. The first-order valence-corrected chi connectivity index (χ1v) is 6.30. The van der Waals surface area contributed by atoms with Crippen molar-refractivity contribution in [3.05, 3.63) is 53.9 Å². The molecule has 1 aliphatic heterocycles. The molecule has 98 valence electrons. The zero-order valence-corrected chi connectivity index (χ0v) is 11.2. The van der Waals surface area contributed by atoms with Gasteiger partial charge < -0.3 is 4.90 Å². The number of ketones is 2. The molecule has 2 rings (SSSR count). The molecule has 1 aromatic rings. The second-order valence-electron chi connectivity index (χ2n) is 4.74. The minimum atomic E-state index is -0.0331. The summed E-state index contributed by atoms with van der Waals surface area (Å²) in [4.78, 5) is 24.4. The Balaban J connectivity index is 2.35. The average molecular weight is 255 g/mol. The molecule has 1 atom stereocenters. The molecule has 0 radical (unpaired) electrons. The SMILES string of the molecule is CC(=O)/C=C/N1C=Cc2ccccc2C1CC(C)=O. The second kappa shape index (κ2) is 5.65. The van der Waals surface area contributed by atoms with Gasteiger partial charge in [-0.15, -0.1) is 0 Å². The lowest BCUT2D eigenvalue weighted by Crippen LogP contribution is -2.24. The van der Waals surface area contributed by atoms with Gasteiger partial charge in [-0.2, -0.15) is 0 Å². The van der Waals surface area contributed by atoms with Crippen LogP contribution < -0.4 is 0 Å². The number of hydrogen-bond donors (Lipinski definition) is 0. The molecule has 0 N–H and O–H groups in total. The number of fused-ring (bicyclic) bond motifs is 1. The molecule has 1 unspecified atom stereocenters. The van der Waals surface area contributed by atoms with E-state index in [9.17, 15) is 9.59 Å². The second-order valence-corrected chi connectivity index (χ2v) is 4.74. The minimum absolute atomic E-state index is 0.00571. The fourth-order valence-electron chi connectivity index (χ4n) is 2.23. The van der Waals surface area contributed by atoms with E-state index in [4.69, 9.17) is 0 Å². The largest absolute Gasteiger partial charge is 0.346 e. The maximum Gasteiger partial charge on any atom is 0.154 e. The van der Waals surface area contributed by atoms with Gasteiger partial charge >= 0.3 is 0 Å². The standard InChI is InChI=1S/C16H17NO2/c1-12(18)7-9-17-10-8-14-5-3-4-6-15(14)16(17)11-13(2)19/h3-10,16H,11H2,1-2H3/b9-7+. The summed E-state index contributed by atoms with van der Waals surface area (Å²) >= 11 is 0. The summed E-state index contributed by atoms with van der Waals surface area (Å²) in [6.07, 6.45) is 7.60. The molecule has 1 heterocycles. The van der Waals surface area contributed by atoms with E-state index in [1.807, 2.05) is 41.4 Å². The summed E-state index contributed by atoms with van der Waals surface area (Å²) in [6, 6.07) is 7.98. The lowest BCUT2D eigenvalue weighted by Gasteiger charge is -2.31. The molecule has 19 heavy (non-hydrogen) atoms. The maximum absolute atomic E-state index is 11.5. The molecule has 0 aromatic heterocycles. The molecule has 3 heteroatoms. The van der Waals surface area contributed by atoms with Gasteiger partial charge in [0.25, 0.3) is 0 Å². The fraction of sp³-hybridized carbons (Fsp3) is 0.250. The van der Waals surface area contributed by atoms with E-state index in [2.05, 4.69) is 0 Å². The first-order chi connectivity index (χ1) is 9.08. The summed E-state index contributed by atoms with van der Waals surface area (Å²) in [7, 11) is 0. The Morgan fingerprint density at radius 1 is 1.26 bits per heavy atom. The van der Waals surface area contributed by atoms with Crippen molar-refractivity contribution < 1.29 is 9.59 Å². The Morgan fingerprint density at radius 3 is 2.68 bits per heavy atom. The number of allylic oxidation sites excluding steroid dienone is 1. The smallest absolute Gasteiger partial charge is 0.154 e. The molecule has 0 spiro atoms. The molecule has 0 bridgehead atoms. The quantitative estimate of drug-likeness (QED) is 0.776. The van der Waals surface area contributed by atoms with Crippen molar-refractivity contribution >= 4 is 17.6 Å². The number of Topliss-reactive ketones (excluding diaryl/α,β-unsaturated/α-hetero) is 1. The molecule has 0 saturated heterocycles. The lowest BCUT2D eigenvalue weighted by atomic mass is 9.93. The summed E-state index contributed by atoms with van der Waals surface area (Å²) in [5, 5.41) is 0. The molecule has 0 fully saturated rings. The molecule has 1 aliphatic rings. The van der Waals surface area contributed by atoms with Crippen LogP contribution in [-0.4, -0.2) is 16.5 Å². The van der Waals surface area contributed by atoms with Gasteiger partial charge in [0.05, 0.1) is 6.04 Å². The third-order valence-electron chi connectivity index (χ3n) is 3.10. The van der Waals surface area contributed by atoms with Crippen LogP contribution >= 0.6 is 0 Å². The van der Waals surface area contributed by atoms with Crippen LogP contribution in [0.1, 0.15) is 37.4 Å². The van der Waals surface area contributed by atoms with Crippen LogP contribution in [0.15, 0.2) is 42.7 Å². The maximum atomic E-state index is 11.5. The lowest BCUT2D eigenvalue weighted by molar-refractivity contribution is -0.118. The Bertz CT molecular complexity index is 558. The third kappa shape index (κ3) is 3.19. The fourth-order valence-corrected chi connectivity index (χ4v) is 2.23. The van der Waals surface area contributed by atoms with Crippen LogP contribution in [-0.2, 0) is 9.59 Å². The van der Waals surface area contributed by atoms with Gasteiger partial charge in [-0.05, 0) is 37.1 Å². The van der Waals surface area contributed by atoms with Gasteiger partial charge in [-0.1, -0.05) is 24.3 Å². The van der Waals surface area contributed by atoms with Crippen molar-refractivity contribution in [2.24, 2.45) is 0 Å². The van der Waals surface area contributed by atoms with Crippen molar-refractivity contribution in [1.82, 2.24) is 4.90 Å². The summed E-state index contributed by atoms with van der Waals surface area (Å²) in [5.41, 5.74) is 2.25. The van der Waals surface area contributed by atoms with Crippen molar-refractivity contribution in [3.63, 3.8) is 0 Å². The van der Waals surface area contributed by atoms with Gasteiger partial charge in [0.2, 0.25) is 0 Å². The Kier molecular flexibility index (Phi) is 3.95. The van der Waals surface area contributed by atoms with Crippen molar-refractivity contribution in [3.8, 4) is 0 Å². The minimum Gasteiger partial charge on any atom is -0.346 e. The summed E-state index contributed by atoms with van der Waals surface area (Å²) in [5.74, 6) is 0.130. The van der Waals surface area contributed by atoms with E-state index in [-0.39, 0.29) is 17.6 Å². The molecule has 3 nitrogen and oxygen atoms in total. The third-order valence-corrected chi connectivity index (χ3v) is 3.10. The first kappa shape index (κ1) is 13.3. The summed E-state index contributed by atoms with van der Waals surface area (Å²) in [6.45, 7) is 3.10. The van der Waals surface area contributed by atoms with Crippen LogP contribution in [0.5, 0.6) is 0 Å². The van der Waals surface area contributed by atoms with Crippen LogP contribution in [0.2, 0.25) is 0 Å². The number of hydrogen-bond acceptors (Lipinski definition) is 3. The van der Waals surface area contributed by atoms with Crippen molar-refractivity contribution in [2.75, 3.05) is 0 Å². The van der Waals surface area contributed by atoms with Gasteiger partial charge in [0.1, 0.15) is 5.78 Å². The number of rotatable bonds is 4. The van der Waals surface area contributed by atoms with E-state index < -0.39 is 0 Å². The predicted molar refractivity (Wildman–Crippen MR) is 75.2 cm³/mol. The summed E-state index contributed by atoms with van der Waals surface area (Å²) < 4.78 is 0. The zero-order valence-electron chi connectivity index (χ0n) is 11.2. The van der Waals surface area contributed by atoms with Gasteiger partial charge in [-0.3, -0.25) is 9.59 Å². The number of benzene rings is 1. The van der Waals surface area contributed by atoms with E-state index in [0.717, 1.165) is 11.1 Å². The van der Waals surface area contributed by atoms with Crippen molar-refractivity contribution in [2.45, 2.75) is 26.3 Å². The number of nitrogens with zero attached hydrogens (tertiary/aromatic N) is 1.